The van der Waals surface area contributed by atoms with Crippen LogP contribution >= 0.6 is 23.2 Å². The first-order valence-corrected chi connectivity index (χ1v) is 10.8. The Morgan fingerprint density at radius 2 is 1.74 bits per heavy atom. The number of aromatic amines is 1. The molecule has 0 aliphatic rings. The summed E-state index contributed by atoms with van der Waals surface area (Å²) in [6.07, 6.45) is 0.796. The van der Waals surface area contributed by atoms with Crippen molar-refractivity contribution < 1.29 is 9.47 Å². The molecule has 1 heterocycles. The van der Waals surface area contributed by atoms with Crippen LogP contribution < -0.4 is 14.8 Å². The van der Waals surface area contributed by atoms with Crippen molar-refractivity contribution in [2.24, 2.45) is 0 Å². The molecule has 4 aromatic rings. The van der Waals surface area contributed by atoms with Crippen molar-refractivity contribution in [1.29, 1.82) is 0 Å². The van der Waals surface area contributed by atoms with E-state index in [-0.39, 0.29) is 6.61 Å². The highest BCUT2D eigenvalue weighted by atomic mass is 35.5. The van der Waals surface area contributed by atoms with Gasteiger partial charge in [-0.15, -0.1) is 0 Å². The van der Waals surface area contributed by atoms with Crippen LogP contribution in [0.2, 0.25) is 10.0 Å². The Morgan fingerprint density at radius 3 is 2.52 bits per heavy atom. The van der Waals surface area contributed by atoms with Gasteiger partial charge in [0.05, 0.1) is 18.1 Å². The van der Waals surface area contributed by atoms with Crippen LogP contribution in [0.25, 0.3) is 11.0 Å². The van der Waals surface area contributed by atoms with Crippen LogP contribution in [-0.2, 0) is 19.6 Å². The van der Waals surface area contributed by atoms with Gasteiger partial charge in [-0.1, -0.05) is 53.5 Å². The number of hydrogen-bond donors (Lipinski definition) is 2. The van der Waals surface area contributed by atoms with Gasteiger partial charge in [0.15, 0.2) is 11.5 Å². The molecule has 0 unspecified atom stereocenters. The lowest BCUT2D eigenvalue weighted by atomic mass is 10.1. The summed E-state index contributed by atoms with van der Waals surface area (Å²) in [6, 6.07) is 19.3. The minimum Gasteiger partial charge on any atom is -0.493 e. The van der Waals surface area contributed by atoms with Crippen molar-refractivity contribution in [3.05, 3.63) is 87.7 Å². The molecule has 0 saturated carbocycles. The summed E-state index contributed by atoms with van der Waals surface area (Å²) in [6.45, 7) is 1.65. The minimum atomic E-state index is 0.255. The van der Waals surface area contributed by atoms with Crippen LogP contribution in [0, 0.1) is 0 Å². The predicted octanol–water partition coefficient (Wildman–Crippen LogP) is 5.79. The zero-order chi connectivity index (χ0) is 21.6. The smallest absolute Gasteiger partial charge is 0.166 e. The molecule has 31 heavy (non-hydrogen) atoms. The van der Waals surface area contributed by atoms with Gasteiger partial charge in [0, 0.05) is 40.7 Å². The van der Waals surface area contributed by atoms with E-state index in [9.17, 15) is 0 Å². The summed E-state index contributed by atoms with van der Waals surface area (Å²) in [5.41, 5.74) is 3.78. The van der Waals surface area contributed by atoms with E-state index < -0.39 is 0 Å². The van der Waals surface area contributed by atoms with Crippen LogP contribution in [-0.4, -0.2) is 23.6 Å². The van der Waals surface area contributed by atoms with Gasteiger partial charge in [-0.2, -0.15) is 0 Å². The van der Waals surface area contributed by atoms with Gasteiger partial charge in [-0.25, -0.2) is 4.98 Å². The van der Waals surface area contributed by atoms with E-state index in [2.05, 4.69) is 15.3 Å². The Bertz CT molecular complexity index is 1120. The Balaban J connectivity index is 1.40. The second-order valence-electron chi connectivity index (χ2n) is 7.06. The quantitative estimate of drug-likeness (QED) is 0.313. The van der Waals surface area contributed by atoms with E-state index in [1.54, 1.807) is 19.2 Å². The Hall–Kier alpha value is -2.73. The second kappa shape index (κ2) is 10.1. The van der Waals surface area contributed by atoms with E-state index in [1.165, 1.54) is 0 Å². The lowest BCUT2D eigenvalue weighted by Crippen LogP contribution is -2.18. The molecule has 7 heteroatoms. The summed E-state index contributed by atoms with van der Waals surface area (Å²) in [4.78, 5) is 7.97. The molecule has 0 amide bonds. The number of ether oxygens (including phenoxy) is 2. The molecular formula is C24H23Cl2N3O2. The molecule has 160 valence electrons. The molecule has 0 saturated heterocycles. The molecule has 3 aromatic carbocycles. The van der Waals surface area contributed by atoms with E-state index in [0.717, 1.165) is 41.0 Å². The standard InChI is InChI=1S/C24H23Cl2N3O2/c1-30-22-11-4-6-16(24(22)31-15-17-18(25)7-5-8-19(17)26)14-27-13-12-23-28-20-9-2-3-10-21(20)29-23/h2-11,27H,12-15H2,1H3,(H,28,29). The molecule has 0 radical (unpaired) electrons. The maximum Gasteiger partial charge on any atom is 0.166 e. The molecular weight excluding hydrogens is 433 g/mol. The summed E-state index contributed by atoms with van der Waals surface area (Å²) in [7, 11) is 1.63. The zero-order valence-electron chi connectivity index (χ0n) is 17.1. The number of para-hydroxylation sites is 3. The lowest BCUT2D eigenvalue weighted by molar-refractivity contribution is 0.281. The third-order valence-electron chi connectivity index (χ3n) is 5.00. The van der Waals surface area contributed by atoms with Gasteiger partial charge in [0.1, 0.15) is 12.4 Å². The van der Waals surface area contributed by atoms with Crippen LogP contribution in [0.1, 0.15) is 17.0 Å². The van der Waals surface area contributed by atoms with Crippen molar-refractivity contribution in [2.45, 2.75) is 19.6 Å². The fraction of sp³-hybridized carbons (Fsp3) is 0.208. The number of aromatic nitrogens is 2. The Kier molecular flexibility index (Phi) is 6.97. The fourth-order valence-corrected chi connectivity index (χ4v) is 3.90. The first kappa shape index (κ1) is 21.5. The molecule has 0 aliphatic heterocycles. The largest absolute Gasteiger partial charge is 0.493 e. The lowest BCUT2D eigenvalue weighted by Gasteiger charge is -2.16. The van der Waals surface area contributed by atoms with Crippen LogP contribution in [0.5, 0.6) is 11.5 Å². The highest BCUT2D eigenvalue weighted by molar-refractivity contribution is 6.35. The third-order valence-corrected chi connectivity index (χ3v) is 5.70. The predicted molar refractivity (Wildman–Crippen MR) is 125 cm³/mol. The van der Waals surface area contributed by atoms with Gasteiger partial charge >= 0.3 is 0 Å². The average Bonchev–Trinajstić information content (AvgIpc) is 3.19. The SMILES string of the molecule is COc1cccc(CNCCc2nc3ccccc3[nH]2)c1OCc1c(Cl)cccc1Cl. The topological polar surface area (TPSA) is 59.2 Å². The van der Waals surface area contributed by atoms with Gasteiger partial charge in [0.25, 0.3) is 0 Å². The van der Waals surface area contributed by atoms with Crippen molar-refractivity contribution in [2.75, 3.05) is 13.7 Å². The molecule has 5 nitrogen and oxygen atoms in total. The summed E-state index contributed by atoms with van der Waals surface area (Å²) < 4.78 is 11.6. The van der Waals surface area contributed by atoms with Crippen LogP contribution in [0.4, 0.5) is 0 Å². The number of hydrogen-bond acceptors (Lipinski definition) is 4. The second-order valence-corrected chi connectivity index (χ2v) is 7.88. The maximum absolute atomic E-state index is 6.28. The molecule has 0 bridgehead atoms. The summed E-state index contributed by atoms with van der Waals surface area (Å²) >= 11 is 12.6. The number of methoxy groups -OCH3 is 1. The maximum atomic E-state index is 6.28. The number of nitrogens with one attached hydrogen (secondary N) is 2. The van der Waals surface area contributed by atoms with E-state index in [4.69, 9.17) is 32.7 Å². The monoisotopic (exact) mass is 455 g/mol. The number of halogens is 2. The van der Waals surface area contributed by atoms with Gasteiger partial charge in [-0.3, -0.25) is 0 Å². The molecule has 4 rings (SSSR count). The number of nitrogens with zero attached hydrogens (tertiary/aromatic N) is 1. The number of benzene rings is 3. The molecule has 0 aliphatic carbocycles. The van der Waals surface area contributed by atoms with E-state index >= 15 is 0 Å². The molecule has 0 fully saturated rings. The molecule has 0 spiro atoms. The zero-order valence-corrected chi connectivity index (χ0v) is 18.6. The number of rotatable bonds is 9. The highest BCUT2D eigenvalue weighted by Crippen LogP contribution is 2.33. The van der Waals surface area contributed by atoms with Crippen molar-refractivity contribution >= 4 is 34.2 Å². The van der Waals surface area contributed by atoms with Gasteiger partial charge in [-0.05, 0) is 30.3 Å². The van der Waals surface area contributed by atoms with Crippen molar-refractivity contribution in [3.63, 3.8) is 0 Å². The number of H-pyrrole nitrogens is 1. The first-order valence-electron chi connectivity index (χ1n) is 10.0. The normalized spacial score (nSPS) is 11.1. The average molecular weight is 456 g/mol. The van der Waals surface area contributed by atoms with Crippen molar-refractivity contribution in [3.8, 4) is 11.5 Å². The number of imidazole rings is 1. The molecule has 1 aromatic heterocycles. The minimum absolute atomic E-state index is 0.255. The fourth-order valence-electron chi connectivity index (χ4n) is 3.39. The summed E-state index contributed by atoms with van der Waals surface area (Å²) in [5, 5.41) is 4.61. The van der Waals surface area contributed by atoms with E-state index in [1.807, 2.05) is 48.5 Å². The highest BCUT2D eigenvalue weighted by Gasteiger charge is 2.13. The van der Waals surface area contributed by atoms with Crippen LogP contribution in [0.15, 0.2) is 60.7 Å². The third kappa shape index (κ3) is 5.13. The molecule has 2 N–H and O–H groups in total. The first-order chi connectivity index (χ1) is 15.2. The summed E-state index contributed by atoms with van der Waals surface area (Å²) in [5.74, 6) is 2.31. The Labute approximate surface area is 191 Å². The number of fused-ring (bicyclic) bond motifs is 1. The van der Waals surface area contributed by atoms with Crippen molar-refractivity contribution in [1.82, 2.24) is 15.3 Å². The van der Waals surface area contributed by atoms with E-state index in [0.29, 0.717) is 28.1 Å². The van der Waals surface area contributed by atoms with Crippen LogP contribution in [0.3, 0.4) is 0 Å². The Morgan fingerprint density at radius 1 is 0.968 bits per heavy atom. The van der Waals surface area contributed by atoms with Gasteiger partial charge < -0.3 is 19.8 Å². The molecule has 0 atom stereocenters. The van der Waals surface area contributed by atoms with Gasteiger partial charge in [0.2, 0.25) is 0 Å².